The minimum absolute atomic E-state index is 0.144. The number of amides is 2. The summed E-state index contributed by atoms with van der Waals surface area (Å²) < 4.78 is 5.04. The van der Waals surface area contributed by atoms with Gasteiger partial charge in [0.2, 0.25) is 0 Å². The molecule has 160 valence electrons. The van der Waals surface area contributed by atoms with E-state index in [4.69, 9.17) is 16.3 Å². The van der Waals surface area contributed by atoms with Crippen molar-refractivity contribution < 1.29 is 19.1 Å². The molecule has 6 nitrogen and oxygen atoms in total. The fraction of sp³-hybridized carbons (Fsp3) is 0.409. The maximum absolute atomic E-state index is 12.7. The van der Waals surface area contributed by atoms with Crippen molar-refractivity contribution in [1.82, 2.24) is 4.90 Å². The molecule has 1 saturated heterocycles. The molecule has 1 aromatic carbocycles. The molecule has 2 amide bonds. The molecule has 0 atom stereocenters. The molecule has 0 aromatic heterocycles. The van der Waals surface area contributed by atoms with E-state index in [-0.39, 0.29) is 16.5 Å². The van der Waals surface area contributed by atoms with E-state index in [9.17, 15) is 14.4 Å². The van der Waals surface area contributed by atoms with Crippen LogP contribution in [0.5, 0.6) is 0 Å². The predicted molar refractivity (Wildman–Crippen MR) is 121 cm³/mol. The Balaban J connectivity index is 1.91. The number of anilines is 1. The molecule has 2 heterocycles. The summed E-state index contributed by atoms with van der Waals surface area (Å²) in [6, 6.07) is 3.81. The van der Waals surface area contributed by atoms with E-state index in [1.54, 1.807) is 19.9 Å². The summed E-state index contributed by atoms with van der Waals surface area (Å²) in [4.78, 5) is 40.1. The quantitative estimate of drug-likeness (QED) is 0.479. The van der Waals surface area contributed by atoms with Gasteiger partial charge in [-0.3, -0.25) is 19.3 Å². The summed E-state index contributed by atoms with van der Waals surface area (Å²) in [5, 5.41) is -0.0179. The number of nitrogens with zero attached hydrogens (tertiary/aromatic N) is 2. The number of allylic oxidation sites excluding steroid dienone is 1. The number of carbonyl (C=O) groups is 3. The van der Waals surface area contributed by atoms with E-state index >= 15 is 0 Å². The van der Waals surface area contributed by atoms with Crippen molar-refractivity contribution in [3.63, 3.8) is 0 Å². The summed E-state index contributed by atoms with van der Waals surface area (Å²) in [6.07, 6.45) is 3.47. The van der Waals surface area contributed by atoms with Crippen LogP contribution in [0.3, 0.4) is 0 Å². The molecule has 1 aromatic rings. The lowest BCUT2D eigenvalue weighted by Gasteiger charge is -2.40. The Hall–Kier alpha value is -2.25. The summed E-state index contributed by atoms with van der Waals surface area (Å²) >= 11 is 7.32. The van der Waals surface area contributed by atoms with Crippen LogP contribution in [0.4, 0.5) is 10.5 Å². The van der Waals surface area contributed by atoms with Crippen molar-refractivity contribution in [3.05, 3.63) is 39.3 Å². The second kappa shape index (κ2) is 8.12. The third-order valence-electron chi connectivity index (χ3n) is 5.15. The monoisotopic (exact) mass is 448 g/mol. The van der Waals surface area contributed by atoms with E-state index in [1.807, 2.05) is 26.1 Å². The zero-order valence-corrected chi connectivity index (χ0v) is 19.5. The molecule has 3 rings (SSSR count). The zero-order chi connectivity index (χ0) is 22.4. The maximum Gasteiger partial charge on any atom is 0.326 e. The van der Waals surface area contributed by atoms with Gasteiger partial charge in [0.15, 0.2) is 0 Å². The van der Waals surface area contributed by atoms with Crippen LogP contribution >= 0.6 is 23.4 Å². The third kappa shape index (κ3) is 4.27. The van der Waals surface area contributed by atoms with Gasteiger partial charge in [0.25, 0.3) is 11.1 Å². The number of imide groups is 1. The molecular formula is C22H25ClN2O4S. The van der Waals surface area contributed by atoms with Gasteiger partial charge in [-0.1, -0.05) is 17.7 Å². The van der Waals surface area contributed by atoms with E-state index in [0.717, 1.165) is 33.5 Å². The molecule has 2 aliphatic heterocycles. The number of likely N-dealkylation sites (N-methyl/N-ethyl adjacent to an activating group) is 1. The highest BCUT2D eigenvalue weighted by Gasteiger charge is 2.37. The molecule has 1 fully saturated rings. The molecule has 30 heavy (non-hydrogen) atoms. The van der Waals surface area contributed by atoms with Crippen LogP contribution in [0.1, 0.15) is 45.7 Å². The van der Waals surface area contributed by atoms with Gasteiger partial charge in [-0.2, -0.15) is 0 Å². The summed E-state index contributed by atoms with van der Waals surface area (Å²) in [6.45, 7) is 9.31. The summed E-state index contributed by atoms with van der Waals surface area (Å²) in [5.74, 6) is -1.14. The smallest absolute Gasteiger partial charge is 0.326 e. The number of hydrogen-bond donors (Lipinski definition) is 0. The van der Waals surface area contributed by atoms with Crippen LogP contribution < -0.4 is 4.90 Å². The van der Waals surface area contributed by atoms with E-state index < -0.39 is 23.7 Å². The topological polar surface area (TPSA) is 66.9 Å². The number of ether oxygens (including phenoxy) is 1. The van der Waals surface area contributed by atoms with Crippen LogP contribution in [0, 0.1) is 0 Å². The first-order chi connectivity index (χ1) is 13.9. The van der Waals surface area contributed by atoms with Gasteiger partial charge in [-0.05, 0) is 75.7 Å². The fourth-order valence-electron chi connectivity index (χ4n) is 3.51. The number of rotatable bonds is 4. The fourth-order valence-corrected chi connectivity index (χ4v) is 4.55. The molecule has 0 bridgehead atoms. The first-order valence-electron chi connectivity index (χ1n) is 9.62. The van der Waals surface area contributed by atoms with Crippen LogP contribution in [0.15, 0.2) is 23.1 Å². The predicted octanol–water partition coefficient (Wildman–Crippen LogP) is 4.96. The number of hydrogen-bond acceptors (Lipinski definition) is 6. The van der Waals surface area contributed by atoms with Crippen LogP contribution in [-0.2, 0) is 14.3 Å². The number of carbonyl (C=O) groups excluding carboxylic acids is 3. The lowest BCUT2D eigenvalue weighted by molar-refractivity contribution is -0.149. The molecule has 0 N–H and O–H groups in total. The Morgan fingerprint density at radius 3 is 2.60 bits per heavy atom. The van der Waals surface area contributed by atoms with E-state index in [2.05, 4.69) is 24.8 Å². The van der Waals surface area contributed by atoms with Gasteiger partial charge < -0.3 is 9.64 Å². The number of fused-ring (bicyclic) bond motifs is 1. The Morgan fingerprint density at radius 1 is 1.30 bits per heavy atom. The Labute approximate surface area is 185 Å². The number of benzene rings is 1. The molecule has 0 radical (unpaired) electrons. The van der Waals surface area contributed by atoms with Crippen LogP contribution in [0.25, 0.3) is 11.6 Å². The lowest BCUT2D eigenvalue weighted by Crippen LogP contribution is -2.42. The van der Waals surface area contributed by atoms with Crippen molar-refractivity contribution in [1.29, 1.82) is 0 Å². The number of esters is 1. The van der Waals surface area contributed by atoms with Crippen molar-refractivity contribution >= 4 is 57.8 Å². The van der Waals surface area contributed by atoms with Gasteiger partial charge in [0, 0.05) is 23.3 Å². The third-order valence-corrected chi connectivity index (χ3v) is 6.38. The van der Waals surface area contributed by atoms with Crippen LogP contribution in [0.2, 0.25) is 5.02 Å². The lowest BCUT2D eigenvalue weighted by atomic mass is 9.88. The molecule has 0 spiro atoms. The first kappa shape index (κ1) is 22.4. The SMILES string of the molecule is CC1=CC(C)(C)N(C)c2cc(Cl)c(/C=C3/SC(=O)N(CC(=O)OC(C)C)C3=O)cc21. The molecule has 2 aliphatic rings. The molecule has 8 heteroatoms. The zero-order valence-electron chi connectivity index (χ0n) is 17.9. The maximum atomic E-state index is 12.7. The highest BCUT2D eigenvalue weighted by atomic mass is 35.5. The molecule has 0 saturated carbocycles. The van der Waals surface area contributed by atoms with Gasteiger partial charge in [-0.25, -0.2) is 0 Å². The summed E-state index contributed by atoms with van der Waals surface area (Å²) in [5.41, 5.74) is 3.64. The Bertz CT molecular complexity index is 997. The Morgan fingerprint density at radius 2 is 1.97 bits per heavy atom. The van der Waals surface area contributed by atoms with Gasteiger partial charge >= 0.3 is 5.97 Å². The number of thioether (sulfide) groups is 1. The molecule has 0 aliphatic carbocycles. The molecular weight excluding hydrogens is 424 g/mol. The van der Waals surface area contributed by atoms with Crippen molar-refractivity contribution in [2.75, 3.05) is 18.5 Å². The van der Waals surface area contributed by atoms with E-state index in [0.29, 0.717) is 10.6 Å². The Kier molecular flexibility index (Phi) is 6.07. The average Bonchev–Trinajstić information content (AvgIpc) is 2.87. The van der Waals surface area contributed by atoms with Crippen molar-refractivity contribution in [2.45, 2.75) is 46.3 Å². The first-order valence-corrected chi connectivity index (χ1v) is 10.8. The second-order valence-electron chi connectivity index (χ2n) is 8.24. The standard InChI is InChI=1S/C22H25ClN2O4S/c1-12(2)29-19(26)11-25-20(27)18(30-21(25)28)8-14-7-15-13(3)10-22(4,5)24(6)17(15)9-16(14)23/h7-10,12H,11H2,1-6H3/b18-8+. The second-order valence-corrected chi connectivity index (χ2v) is 9.64. The van der Waals surface area contributed by atoms with Crippen molar-refractivity contribution in [2.24, 2.45) is 0 Å². The largest absolute Gasteiger partial charge is 0.462 e. The number of halogens is 1. The minimum Gasteiger partial charge on any atom is -0.462 e. The summed E-state index contributed by atoms with van der Waals surface area (Å²) in [7, 11) is 2.01. The van der Waals surface area contributed by atoms with E-state index in [1.165, 1.54) is 0 Å². The van der Waals surface area contributed by atoms with Crippen molar-refractivity contribution in [3.8, 4) is 0 Å². The highest BCUT2D eigenvalue weighted by Crippen LogP contribution is 2.42. The van der Waals surface area contributed by atoms with Gasteiger partial charge in [0.05, 0.1) is 16.5 Å². The van der Waals surface area contributed by atoms with Crippen LogP contribution in [-0.4, -0.2) is 47.3 Å². The normalized spacial score (nSPS) is 19.5. The van der Waals surface area contributed by atoms with Gasteiger partial charge in [0.1, 0.15) is 6.54 Å². The van der Waals surface area contributed by atoms with Gasteiger partial charge in [-0.15, -0.1) is 0 Å². The minimum atomic E-state index is -0.619. The average molecular weight is 449 g/mol. The highest BCUT2D eigenvalue weighted by molar-refractivity contribution is 8.18. The molecule has 0 unspecified atom stereocenters.